The predicted molar refractivity (Wildman–Crippen MR) is 106 cm³/mol. The summed E-state index contributed by atoms with van der Waals surface area (Å²) in [5, 5.41) is 12.4. The highest BCUT2D eigenvalue weighted by Gasteiger charge is 2.48. The van der Waals surface area contributed by atoms with Crippen molar-refractivity contribution in [1.82, 2.24) is 25.7 Å². The Morgan fingerprint density at radius 3 is 2.53 bits per heavy atom. The lowest BCUT2D eigenvalue weighted by Gasteiger charge is -2.34. The minimum absolute atomic E-state index is 0.0731. The summed E-state index contributed by atoms with van der Waals surface area (Å²) in [5.74, 6) is -0.899. The molecule has 1 aromatic carbocycles. The number of carbonyl (C=O) groups excluding carboxylic acids is 3. The molecule has 1 spiro atoms. The molecule has 4 rings (SSSR count). The zero-order chi connectivity index (χ0) is 21.5. The topological polar surface area (TPSA) is 105 Å². The van der Waals surface area contributed by atoms with E-state index in [4.69, 9.17) is 0 Å². The van der Waals surface area contributed by atoms with Gasteiger partial charge in [-0.15, -0.1) is 0 Å². The molecule has 3 N–H and O–H groups in total. The number of amides is 4. The van der Waals surface area contributed by atoms with Gasteiger partial charge in [0.1, 0.15) is 11.4 Å². The monoisotopic (exact) mass is 413 g/mol. The molecule has 1 aliphatic carbocycles. The van der Waals surface area contributed by atoms with Crippen molar-refractivity contribution in [2.45, 2.75) is 51.1 Å². The second kappa shape index (κ2) is 7.55. The summed E-state index contributed by atoms with van der Waals surface area (Å²) in [6.45, 7) is 3.80. The molecule has 1 aromatic heterocycles. The van der Waals surface area contributed by atoms with Gasteiger partial charge in [-0.3, -0.25) is 14.9 Å². The number of aromatic nitrogens is 2. The fourth-order valence-electron chi connectivity index (χ4n) is 4.35. The molecule has 158 valence electrons. The zero-order valence-electron chi connectivity index (χ0n) is 16.9. The predicted octanol–water partition coefficient (Wildman–Crippen LogP) is 2.27. The zero-order valence-corrected chi connectivity index (χ0v) is 16.9. The summed E-state index contributed by atoms with van der Waals surface area (Å²) >= 11 is 0. The summed E-state index contributed by atoms with van der Waals surface area (Å²) in [6.07, 6.45) is 3.65. The second-order valence-electron chi connectivity index (χ2n) is 8.07. The Morgan fingerprint density at radius 1 is 1.27 bits per heavy atom. The maximum atomic E-state index is 13.2. The fourth-order valence-corrected chi connectivity index (χ4v) is 4.35. The van der Waals surface area contributed by atoms with Gasteiger partial charge in [0.2, 0.25) is 5.91 Å². The number of nitrogens with one attached hydrogen (secondary N) is 3. The molecule has 2 aliphatic rings. The van der Waals surface area contributed by atoms with Crippen LogP contribution in [-0.2, 0) is 9.59 Å². The lowest BCUT2D eigenvalue weighted by molar-refractivity contribution is -0.130. The van der Waals surface area contributed by atoms with Gasteiger partial charge < -0.3 is 10.6 Å². The van der Waals surface area contributed by atoms with Crippen molar-refractivity contribution in [3.63, 3.8) is 0 Å². The van der Waals surface area contributed by atoms with E-state index in [1.54, 1.807) is 23.0 Å². The van der Waals surface area contributed by atoms with Crippen LogP contribution in [0.15, 0.2) is 30.5 Å². The maximum absolute atomic E-state index is 13.2. The smallest absolute Gasteiger partial charge is 0.322 e. The van der Waals surface area contributed by atoms with Crippen LogP contribution in [0.5, 0.6) is 0 Å². The van der Waals surface area contributed by atoms with Crippen LogP contribution < -0.4 is 16.0 Å². The van der Waals surface area contributed by atoms with Crippen LogP contribution in [0, 0.1) is 18.7 Å². The van der Waals surface area contributed by atoms with E-state index in [-0.39, 0.29) is 29.6 Å². The minimum atomic E-state index is -0.869. The van der Waals surface area contributed by atoms with Gasteiger partial charge in [-0.05, 0) is 63.8 Å². The molecule has 1 saturated carbocycles. The molecule has 2 aromatic rings. The molecule has 2 heterocycles. The molecule has 1 unspecified atom stereocenters. The molecule has 8 nitrogen and oxygen atoms in total. The van der Waals surface area contributed by atoms with Crippen LogP contribution in [0.25, 0.3) is 5.69 Å². The Balaban J connectivity index is 1.39. The summed E-state index contributed by atoms with van der Waals surface area (Å²) < 4.78 is 14.9. The number of hydrogen-bond acceptors (Lipinski definition) is 4. The average Bonchev–Trinajstić information content (AvgIpc) is 3.22. The van der Waals surface area contributed by atoms with E-state index in [0.717, 1.165) is 16.9 Å². The number of rotatable bonds is 4. The van der Waals surface area contributed by atoms with Gasteiger partial charge in [0, 0.05) is 17.2 Å². The number of hydrogen-bond donors (Lipinski definition) is 3. The number of carbonyl (C=O) groups is 3. The molecule has 0 radical (unpaired) electrons. The lowest BCUT2D eigenvalue weighted by atomic mass is 9.76. The second-order valence-corrected chi connectivity index (χ2v) is 8.07. The molecule has 9 heteroatoms. The van der Waals surface area contributed by atoms with Crippen LogP contribution in [0.2, 0.25) is 0 Å². The number of halogens is 1. The SMILES string of the molecule is Cc1c(C(C)NC(=O)C2CCC3(CC2)NC(=O)NC3=O)cnn1-c1ccc(F)cc1. The van der Waals surface area contributed by atoms with Crippen molar-refractivity contribution < 1.29 is 18.8 Å². The van der Waals surface area contributed by atoms with Crippen molar-refractivity contribution in [2.24, 2.45) is 5.92 Å². The molecule has 1 atom stereocenters. The van der Waals surface area contributed by atoms with Crippen LogP contribution >= 0.6 is 0 Å². The first-order chi connectivity index (χ1) is 14.3. The maximum Gasteiger partial charge on any atom is 0.322 e. The Hall–Kier alpha value is -3.23. The van der Waals surface area contributed by atoms with E-state index in [1.807, 2.05) is 13.8 Å². The van der Waals surface area contributed by atoms with Crippen molar-refractivity contribution >= 4 is 17.8 Å². The van der Waals surface area contributed by atoms with Gasteiger partial charge in [-0.25, -0.2) is 13.9 Å². The molecule has 1 saturated heterocycles. The van der Waals surface area contributed by atoms with Gasteiger partial charge in [0.25, 0.3) is 5.91 Å². The van der Waals surface area contributed by atoms with E-state index in [0.29, 0.717) is 25.7 Å². The van der Waals surface area contributed by atoms with E-state index >= 15 is 0 Å². The minimum Gasteiger partial charge on any atom is -0.349 e. The van der Waals surface area contributed by atoms with Crippen LogP contribution in [0.1, 0.15) is 49.9 Å². The van der Waals surface area contributed by atoms with E-state index < -0.39 is 11.6 Å². The summed E-state index contributed by atoms with van der Waals surface area (Å²) in [4.78, 5) is 36.3. The Bertz CT molecular complexity index is 993. The normalized spacial score (nSPS) is 24.4. The quantitative estimate of drug-likeness (QED) is 0.669. The van der Waals surface area contributed by atoms with Gasteiger partial charge in [-0.1, -0.05) is 0 Å². The fraction of sp³-hybridized carbons (Fsp3) is 0.429. The van der Waals surface area contributed by atoms with E-state index in [9.17, 15) is 18.8 Å². The number of imide groups is 1. The molecular weight excluding hydrogens is 389 g/mol. The van der Waals surface area contributed by atoms with E-state index in [1.165, 1.54) is 12.1 Å². The van der Waals surface area contributed by atoms with E-state index in [2.05, 4.69) is 21.0 Å². The van der Waals surface area contributed by atoms with Gasteiger partial charge >= 0.3 is 6.03 Å². The Kier molecular flexibility index (Phi) is 5.05. The third kappa shape index (κ3) is 3.55. The lowest BCUT2D eigenvalue weighted by Crippen LogP contribution is -2.51. The number of nitrogens with zero attached hydrogens (tertiary/aromatic N) is 2. The van der Waals surface area contributed by atoms with Crippen molar-refractivity contribution in [2.75, 3.05) is 0 Å². The van der Waals surface area contributed by atoms with Gasteiger partial charge in [0.05, 0.1) is 17.9 Å². The third-order valence-corrected chi connectivity index (χ3v) is 6.17. The van der Waals surface area contributed by atoms with Crippen molar-refractivity contribution in [3.8, 4) is 5.69 Å². The third-order valence-electron chi connectivity index (χ3n) is 6.17. The van der Waals surface area contributed by atoms with Gasteiger partial charge in [0.15, 0.2) is 0 Å². The highest BCUT2D eigenvalue weighted by atomic mass is 19.1. The van der Waals surface area contributed by atoms with Gasteiger partial charge in [-0.2, -0.15) is 5.10 Å². The summed E-state index contributed by atoms with van der Waals surface area (Å²) in [7, 11) is 0. The summed E-state index contributed by atoms with van der Waals surface area (Å²) in [6, 6.07) is 5.34. The number of benzene rings is 1. The first kappa shape index (κ1) is 20.1. The van der Waals surface area contributed by atoms with Crippen molar-refractivity contribution in [1.29, 1.82) is 0 Å². The molecule has 30 heavy (non-hydrogen) atoms. The van der Waals surface area contributed by atoms with Crippen LogP contribution in [0.4, 0.5) is 9.18 Å². The number of urea groups is 1. The Morgan fingerprint density at radius 2 is 1.93 bits per heavy atom. The van der Waals surface area contributed by atoms with Crippen LogP contribution in [-0.4, -0.2) is 33.2 Å². The molecule has 4 amide bonds. The first-order valence-electron chi connectivity index (χ1n) is 10.0. The highest BCUT2D eigenvalue weighted by molar-refractivity contribution is 6.07. The average molecular weight is 413 g/mol. The highest BCUT2D eigenvalue weighted by Crippen LogP contribution is 2.34. The summed E-state index contributed by atoms with van der Waals surface area (Å²) in [5.41, 5.74) is 1.62. The molecule has 2 fully saturated rings. The molecule has 0 bridgehead atoms. The largest absolute Gasteiger partial charge is 0.349 e. The first-order valence-corrected chi connectivity index (χ1v) is 10.0. The Labute approximate surface area is 173 Å². The van der Waals surface area contributed by atoms with Crippen molar-refractivity contribution in [3.05, 3.63) is 47.5 Å². The standard InChI is InChI=1S/C21H24FN5O3/c1-12(17-11-23-27(13(17)2)16-5-3-15(22)4-6-16)24-18(28)14-7-9-21(10-8-14)19(29)25-20(30)26-21/h3-6,11-12,14H,7-10H2,1-2H3,(H,24,28)(H2,25,26,29,30). The van der Waals surface area contributed by atoms with Crippen LogP contribution in [0.3, 0.4) is 0 Å². The molecular formula is C21H24FN5O3. The molecule has 1 aliphatic heterocycles.